The maximum absolute atomic E-state index is 6.00. The fourth-order valence-corrected chi connectivity index (χ4v) is 3.19. The third kappa shape index (κ3) is 3.28. The standard InChI is InChI=1S/C17H24N2O2/c1-12-9-19(10-13(2)20-12)11-15(18-3)17-8-14-6-4-5-7-16(14)21-17/h4-8,12-13,15,18H,9-11H2,1-3H3. The molecule has 1 aliphatic heterocycles. The zero-order valence-electron chi connectivity index (χ0n) is 13.0. The average Bonchev–Trinajstić information content (AvgIpc) is 2.87. The minimum absolute atomic E-state index is 0.204. The highest BCUT2D eigenvalue weighted by Gasteiger charge is 2.25. The number of para-hydroxylation sites is 1. The SMILES string of the molecule is CNC(CN1CC(C)OC(C)C1)c1cc2ccccc2o1. The summed E-state index contributed by atoms with van der Waals surface area (Å²) < 4.78 is 11.8. The number of morpholine rings is 1. The summed E-state index contributed by atoms with van der Waals surface area (Å²) in [6, 6.07) is 10.5. The largest absolute Gasteiger partial charge is 0.459 e. The maximum Gasteiger partial charge on any atom is 0.134 e. The highest BCUT2D eigenvalue weighted by atomic mass is 16.5. The van der Waals surface area contributed by atoms with E-state index in [0.29, 0.717) is 12.2 Å². The molecule has 4 nitrogen and oxygen atoms in total. The third-order valence-electron chi connectivity index (χ3n) is 4.07. The summed E-state index contributed by atoms with van der Waals surface area (Å²) in [6.45, 7) is 7.16. The van der Waals surface area contributed by atoms with Gasteiger partial charge in [0.05, 0.1) is 18.2 Å². The molecule has 3 unspecified atom stereocenters. The highest BCUT2D eigenvalue weighted by molar-refractivity contribution is 5.77. The lowest BCUT2D eigenvalue weighted by atomic mass is 10.1. The van der Waals surface area contributed by atoms with E-state index in [1.807, 2.05) is 25.2 Å². The first-order valence-corrected chi connectivity index (χ1v) is 7.69. The summed E-state index contributed by atoms with van der Waals surface area (Å²) in [5.41, 5.74) is 0.955. The van der Waals surface area contributed by atoms with Gasteiger partial charge in [-0.1, -0.05) is 18.2 Å². The molecule has 2 heterocycles. The predicted molar refractivity (Wildman–Crippen MR) is 84.5 cm³/mol. The van der Waals surface area contributed by atoms with Crippen molar-refractivity contribution < 1.29 is 9.15 Å². The van der Waals surface area contributed by atoms with E-state index in [1.54, 1.807) is 0 Å². The van der Waals surface area contributed by atoms with Crippen LogP contribution < -0.4 is 5.32 Å². The average molecular weight is 288 g/mol. The molecule has 1 fully saturated rings. The molecule has 1 N–H and O–H groups in total. The van der Waals surface area contributed by atoms with Crippen molar-refractivity contribution in [2.24, 2.45) is 0 Å². The number of ether oxygens (including phenoxy) is 1. The third-order valence-corrected chi connectivity index (χ3v) is 4.07. The number of hydrogen-bond donors (Lipinski definition) is 1. The Morgan fingerprint density at radius 1 is 1.24 bits per heavy atom. The van der Waals surface area contributed by atoms with Crippen molar-refractivity contribution in [3.05, 3.63) is 36.1 Å². The minimum Gasteiger partial charge on any atom is -0.459 e. The molecule has 114 valence electrons. The number of nitrogens with one attached hydrogen (secondary N) is 1. The zero-order valence-corrected chi connectivity index (χ0v) is 13.0. The first-order chi connectivity index (χ1) is 10.2. The number of rotatable bonds is 4. The molecule has 1 aromatic carbocycles. The first-order valence-electron chi connectivity index (χ1n) is 7.69. The number of furan rings is 1. The number of fused-ring (bicyclic) bond motifs is 1. The summed E-state index contributed by atoms with van der Waals surface area (Å²) in [7, 11) is 1.99. The van der Waals surface area contributed by atoms with E-state index in [2.05, 4.69) is 36.2 Å². The fourth-order valence-electron chi connectivity index (χ4n) is 3.19. The van der Waals surface area contributed by atoms with Gasteiger partial charge in [-0.15, -0.1) is 0 Å². The van der Waals surface area contributed by atoms with Crippen LogP contribution in [-0.4, -0.2) is 43.8 Å². The van der Waals surface area contributed by atoms with Crippen molar-refractivity contribution in [1.82, 2.24) is 10.2 Å². The van der Waals surface area contributed by atoms with Crippen LogP contribution in [0.15, 0.2) is 34.7 Å². The zero-order chi connectivity index (χ0) is 14.8. The summed E-state index contributed by atoms with van der Waals surface area (Å²) >= 11 is 0. The molecule has 1 saturated heterocycles. The van der Waals surface area contributed by atoms with E-state index in [1.165, 1.54) is 0 Å². The molecule has 3 rings (SSSR count). The van der Waals surface area contributed by atoms with Crippen LogP contribution in [-0.2, 0) is 4.74 Å². The van der Waals surface area contributed by atoms with Crippen LogP contribution in [0.1, 0.15) is 25.6 Å². The van der Waals surface area contributed by atoms with Crippen LogP contribution in [0.3, 0.4) is 0 Å². The van der Waals surface area contributed by atoms with Crippen molar-refractivity contribution in [2.75, 3.05) is 26.7 Å². The van der Waals surface area contributed by atoms with Gasteiger partial charge in [0.1, 0.15) is 11.3 Å². The Balaban J connectivity index is 1.75. The van der Waals surface area contributed by atoms with Crippen LogP contribution in [0.4, 0.5) is 0 Å². The molecule has 1 aliphatic rings. The highest BCUT2D eigenvalue weighted by Crippen LogP contribution is 2.25. The van der Waals surface area contributed by atoms with Crippen molar-refractivity contribution in [1.29, 1.82) is 0 Å². The second-order valence-corrected chi connectivity index (χ2v) is 6.00. The van der Waals surface area contributed by atoms with Crippen LogP contribution in [0.5, 0.6) is 0 Å². The predicted octanol–water partition coefficient (Wildman–Crippen LogP) is 2.80. The molecule has 0 aliphatic carbocycles. The lowest BCUT2D eigenvalue weighted by molar-refractivity contribution is -0.0702. The summed E-state index contributed by atoms with van der Waals surface area (Å²) in [5, 5.41) is 4.54. The quantitative estimate of drug-likeness (QED) is 0.939. The Labute approximate surface area is 126 Å². The molecule has 0 amide bonds. The monoisotopic (exact) mass is 288 g/mol. The normalized spacial score (nSPS) is 25.3. The second kappa shape index (κ2) is 6.18. The Hall–Kier alpha value is -1.36. The Kier molecular flexibility index (Phi) is 4.29. The van der Waals surface area contributed by atoms with E-state index in [4.69, 9.17) is 9.15 Å². The van der Waals surface area contributed by atoms with Gasteiger partial charge in [0, 0.05) is 25.0 Å². The summed E-state index contributed by atoms with van der Waals surface area (Å²) in [5.74, 6) is 1.01. The molecule has 21 heavy (non-hydrogen) atoms. The van der Waals surface area contributed by atoms with Gasteiger partial charge in [0.2, 0.25) is 0 Å². The maximum atomic E-state index is 6.00. The van der Waals surface area contributed by atoms with Gasteiger partial charge >= 0.3 is 0 Å². The van der Waals surface area contributed by atoms with E-state index in [0.717, 1.165) is 36.4 Å². The minimum atomic E-state index is 0.204. The second-order valence-electron chi connectivity index (χ2n) is 6.00. The van der Waals surface area contributed by atoms with E-state index in [-0.39, 0.29) is 6.04 Å². The Morgan fingerprint density at radius 2 is 1.95 bits per heavy atom. The number of likely N-dealkylation sites (N-methyl/N-ethyl adjacent to an activating group) is 1. The lowest BCUT2D eigenvalue weighted by Crippen LogP contribution is -2.47. The van der Waals surface area contributed by atoms with Gasteiger partial charge in [-0.3, -0.25) is 4.90 Å². The van der Waals surface area contributed by atoms with Crippen LogP contribution in [0.25, 0.3) is 11.0 Å². The van der Waals surface area contributed by atoms with Crippen molar-refractivity contribution in [3.63, 3.8) is 0 Å². The van der Waals surface area contributed by atoms with Gasteiger partial charge in [-0.25, -0.2) is 0 Å². The fraction of sp³-hybridized carbons (Fsp3) is 0.529. The molecule has 4 heteroatoms. The number of benzene rings is 1. The number of hydrogen-bond acceptors (Lipinski definition) is 4. The Morgan fingerprint density at radius 3 is 2.62 bits per heavy atom. The van der Waals surface area contributed by atoms with Gasteiger partial charge in [-0.05, 0) is 33.0 Å². The van der Waals surface area contributed by atoms with Crippen molar-refractivity contribution >= 4 is 11.0 Å². The Bertz CT molecular complexity index is 552. The molecule has 0 radical (unpaired) electrons. The van der Waals surface area contributed by atoms with Gasteiger partial charge in [0.15, 0.2) is 0 Å². The van der Waals surface area contributed by atoms with Crippen molar-refractivity contribution in [2.45, 2.75) is 32.1 Å². The molecule has 3 atom stereocenters. The van der Waals surface area contributed by atoms with Crippen LogP contribution >= 0.6 is 0 Å². The lowest BCUT2D eigenvalue weighted by Gasteiger charge is -2.36. The number of nitrogens with zero attached hydrogens (tertiary/aromatic N) is 1. The van der Waals surface area contributed by atoms with E-state index in [9.17, 15) is 0 Å². The first kappa shape index (κ1) is 14.6. The molecular weight excluding hydrogens is 264 g/mol. The molecule has 1 aromatic heterocycles. The molecule has 0 saturated carbocycles. The van der Waals surface area contributed by atoms with Gasteiger partial charge in [-0.2, -0.15) is 0 Å². The molecular formula is C17H24N2O2. The van der Waals surface area contributed by atoms with Crippen molar-refractivity contribution in [3.8, 4) is 0 Å². The smallest absolute Gasteiger partial charge is 0.134 e. The van der Waals surface area contributed by atoms with Gasteiger partial charge < -0.3 is 14.5 Å². The van der Waals surface area contributed by atoms with E-state index >= 15 is 0 Å². The van der Waals surface area contributed by atoms with Crippen LogP contribution in [0, 0.1) is 0 Å². The van der Waals surface area contributed by atoms with Crippen LogP contribution in [0.2, 0.25) is 0 Å². The summed E-state index contributed by atoms with van der Waals surface area (Å²) in [6.07, 6.45) is 0.587. The molecule has 2 aromatic rings. The topological polar surface area (TPSA) is 37.6 Å². The summed E-state index contributed by atoms with van der Waals surface area (Å²) in [4.78, 5) is 2.45. The van der Waals surface area contributed by atoms with E-state index < -0.39 is 0 Å². The van der Waals surface area contributed by atoms with Gasteiger partial charge in [0.25, 0.3) is 0 Å². The molecule has 0 spiro atoms. The molecule has 0 bridgehead atoms.